The maximum Gasteiger partial charge on any atom is 0.257 e. The molecule has 0 fully saturated rings. The number of thiocarbonyl (C=S) groups is 1. The number of fused-ring (bicyclic) bond motifs is 2. The van der Waals surface area contributed by atoms with E-state index in [1.54, 1.807) is 18.2 Å². The molecule has 1 aromatic heterocycles. The van der Waals surface area contributed by atoms with E-state index in [9.17, 15) is 4.79 Å². The van der Waals surface area contributed by atoms with Crippen LogP contribution in [0.2, 0.25) is 0 Å². The van der Waals surface area contributed by atoms with Crippen LogP contribution in [0.15, 0.2) is 59.0 Å². The molecule has 0 saturated carbocycles. The third-order valence-electron chi connectivity index (χ3n) is 5.43. The van der Waals surface area contributed by atoms with Gasteiger partial charge in [0, 0.05) is 16.8 Å². The Labute approximate surface area is 195 Å². The Balaban J connectivity index is 1.24. The number of amides is 1. The Morgan fingerprint density at radius 2 is 1.67 bits per heavy atom. The maximum absolute atomic E-state index is 12.5. The number of carbonyl (C=O) groups excluding carboxylic acids is 1. The number of nitrogens with one attached hydrogen (secondary N) is 2. The molecule has 1 aliphatic heterocycles. The summed E-state index contributed by atoms with van der Waals surface area (Å²) in [7, 11) is 0. The number of anilines is 1. The first kappa shape index (κ1) is 21.0. The van der Waals surface area contributed by atoms with Crippen molar-refractivity contribution in [2.24, 2.45) is 0 Å². The Kier molecular flexibility index (Phi) is 5.43. The Morgan fingerprint density at radius 3 is 2.45 bits per heavy atom. The molecule has 7 nitrogen and oxygen atoms in total. The summed E-state index contributed by atoms with van der Waals surface area (Å²) in [5.41, 5.74) is 5.94. The van der Waals surface area contributed by atoms with E-state index in [1.165, 1.54) is 5.56 Å². The van der Waals surface area contributed by atoms with Crippen LogP contribution in [0.3, 0.4) is 0 Å². The minimum atomic E-state index is -0.335. The van der Waals surface area contributed by atoms with Gasteiger partial charge in [-0.2, -0.15) is 0 Å². The standard InChI is InChI=1S/C25H21N3O4S/c1-14-11-19-21(12-15(14)2)32-24(27-19)16-3-6-18(7-4-16)26-25(33)28-23(29)17-5-8-20-22(13-17)31-10-9-30-20/h3-8,11-13H,9-10H2,1-2H3,(H2,26,28,29,33). The number of oxazole rings is 1. The maximum atomic E-state index is 12.5. The van der Waals surface area contributed by atoms with Crippen LogP contribution in [0, 0.1) is 13.8 Å². The van der Waals surface area contributed by atoms with Gasteiger partial charge in [-0.25, -0.2) is 4.98 Å². The molecule has 0 radical (unpaired) electrons. The number of ether oxygens (including phenoxy) is 2. The molecule has 0 saturated heterocycles. The highest BCUT2D eigenvalue weighted by Gasteiger charge is 2.16. The van der Waals surface area contributed by atoms with Gasteiger partial charge in [0.1, 0.15) is 18.7 Å². The summed E-state index contributed by atoms with van der Waals surface area (Å²) in [6.07, 6.45) is 0. The molecule has 8 heteroatoms. The Bertz CT molecular complexity index is 1340. The molecule has 1 aliphatic rings. The largest absolute Gasteiger partial charge is 0.486 e. The Hall–Kier alpha value is -3.91. The average molecular weight is 460 g/mol. The van der Waals surface area contributed by atoms with Gasteiger partial charge in [0.05, 0.1) is 0 Å². The van der Waals surface area contributed by atoms with Gasteiger partial charge >= 0.3 is 0 Å². The number of rotatable bonds is 3. The van der Waals surface area contributed by atoms with E-state index in [4.69, 9.17) is 26.1 Å². The summed E-state index contributed by atoms with van der Waals surface area (Å²) in [5, 5.41) is 5.89. The summed E-state index contributed by atoms with van der Waals surface area (Å²) in [6.45, 7) is 5.06. The highest BCUT2D eigenvalue weighted by atomic mass is 32.1. The summed E-state index contributed by atoms with van der Waals surface area (Å²) in [6, 6.07) is 16.5. The molecular weight excluding hydrogens is 438 g/mol. The smallest absolute Gasteiger partial charge is 0.257 e. The van der Waals surface area contributed by atoms with E-state index in [0.29, 0.717) is 36.2 Å². The van der Waals surface area contributed by atoms with Crippen molar-refractivity contribution < 1.29 is 18.7 Å². The number of carbonyl (C=O) groups is 1. The van der Waals surface area contributed by atoms with E-state index in [1.807, 2.05) is 43.3 Å². The van der Waals surface area contributed by atoms with Gasteiger partial charge in [0.2, 0.25) is 5.89 Å². The number of nitrogens with zero attached hydrogens (tertiary/aromatic N) is 1. The first-order valence-electron chi connectivity index (χ1n) is 10.5. The molecular formula is C25H21N3O4S. The summed E-state index contributed by atoms with van der Waals surface area (Å²) < 4.78 is 16.9. The van der Waals surface area contributed by atoms with Crippen LogP contribution in [0.1, 0.15) is 21.5 Å². The molecule has 0 unspecified atom stereocenters. The topological polar surface area (TPSA) is 85.6 Å². The van der Waals surface area contributed by atoms with Gasteiger partial charge in [-0.05, 0) is 91.8 Å². The van der Waals surface area contributed by atoms with E-state index in [-0.39, 0.29) is 11.0 Å². The van der Waals surface area contributed by atoms with Crippen LogP contribution in [-0.2, 0) is 0 Å². The molecule has 2 heterocycles. The second-order valence-electron chi connectivity index (χ2n) is 7.77. The van der Waals surface area contributed by atoms with E-state index in [2.05, 4.69) is 22.5 Å². The summed E-state index contributed by atoms with van der Waals surface area (Å²) in [4.78, 5) is 17.1. The Morgan fingerprint density at radius 1 is 0.939 bits per heavy atom. The lowest BCUT2D eigenvalue weighted by Crippen LogP contribution is -2.34. The van der Waals surface area contributed by atoms with E-state index >= 15 is 0 Å². The lowest BCUT2D eigenvalue weighted by molar-refractivity contribution is 0.0976. The highest BCUT2D eigenvalue weighted by molar-refractivity contribution is 7.80. The second-order valence-corrected chi connectivity index (χ2v) is 8.18. The first-order valence-corrected chi connectivity index (χ1v) is 10.9. The second kappa shape index (κ2) is 8.55. The molecule has 0 bridgehead atoms. The van der Waals surface area contributed by atoms with Crippen molar-refractivity contribution in [3.63, 3.8) is 0 Å². The fourth-order valence-electron chi connectivity index (χ4n) is 3.52. The van der Waals surface area contributed by atoms with Crippen LogP contribution in [0.25, 0.3) is 22.6 Å². The zero-order chi connectivity index (χ0) is 22.9. The molecule has 0 spiro atoms. The predicted molar refractivity (Wildman–Crippen MR) is 130 cm³/mol. The predicted octanol–water partition coefficient (Wildman–Crippen LogP) is 5.01. The minimum Gasteiger partial charge on any atom is -0.486 e. The SMILES string of the molecule is Cc1cc2nc(-c3ccc(NC(=S)NC(=O)c4ccc5c(c4)OCCO5)cc3)oc2cc1C. The molecule has 166 valence electrons. The monoisotopic (exact) mass is 459 g/mol. The van der Waals surface area contributed by atoms with Gasteiger partial charge in [-0.3, -0.25) is 10.1 Å². The lowest BCUT2D eigenvalue weighted by Gasteiger charge is -2.18. The van der Waals surface area contributed by atoms with Crippen molar-refractivity contribution in [1.82, 2.24) is 10.3 Å². The van der Waals surface area contributed by atoms with Crippen LogP contribution < -0.4 is 20.1 Å². The van der Waals surface area contributed by atoms with Gasteiger partial charge in [0.25, 0.3) is 5.91 Å². The third-order valence-corrected chi connectivity index (χ3v) is 5.63. The number of hydrogen-bond donors (Lipinski definition) is 2. The van der Waals surface area contributed by atoms with Gasteiger partial charge in [0.15, 0.2) is 22.2 Å². The average Bonchev–Trinajstić information content (AvgIpc) is 3.22. The molecule has 0 atom stereocenters. The lowest BCUT2D eigenvalue weighted by atomic mass is 10.1. The van der Waals surface area contributed by atoms with Gasteiger partial charge in [-0.1, -0.05) is 0 Å². The molecule has 1 amide bonds. The third kappa shape index (κ3) is 4.38. The zero-order valence-electron chi connectivity index (χ0n) is 18.1. The minimum absolute atomic E-state index is 0.190. The van der Waals surface area contributed by atoms with Crippen molar-refractivity contribution >= 4 is 40.0 Å². The van der Waals surface area contributed by atoms with E-state index < -0.39 is 0 Å². The molecule has 0 aliphatic carbocycles. The van der Waals surface area contributed by atoms with Crippen molar-refractivity contribution in [2.45, 2.75) is 13.8 Å². The quantitative estimate of drug-likeness (QED) is 0.417. The van der Waals surface area contributed by atoms with Gasteiger partial charge < -0.3 is 19.2 Å². The van der Waals surface area contributed by atoms with Crippen LogP contribution in [0.4, 0.5) is 5.69 Å². The van der Waals surface area contributed by atoms with Crippen molar-refractivity contribution in [3.05, 3.63) is 71.3 Å². The summed E-state index contributed by atoms with van der Waals surface area (Å²) in [5.74, 6) is 1.39. The normalized spacial score (nSPS) is 12.4. The highest BCUT2D eigenvalue weighted by Crippen LogP contribution is 2.31. The molecule has 4 aromatic rings. The van der Waals surface area contributed by atoms with Crippen LogP contribution in [0.5, 0.6) is 11.5 Å². The van der Waals surface area contributed by atoms with E-state index in [0.717, 1.165) is 27.9 Å². The van der Waals surface area contributed by atoms with Gasteiger partial charge in [-0.15, -0.1) is 0 Å². The van der Waals surface area contributed by atoms with Crippen molar-refractivity contribution in [3.8, 4) is 23.0 Å². The number of aromatic nitrogens is 1. The van der Waals surface area contributed by atoms with Crippen LogP contribution in [-0.4, -0.2) is 29.2 Å². The van der Waals surface area contributed by atoms with Crippen molar-refractivity contribution in [2.75, 3.05) is 18.5 Å². The number of aryl methyl sites for hydroxylation is 2. The molecule has 5 rings (SSSR count). The zero-order valence-corrected chi connectivity index (χ0v) is 18.9. The molecule has 33 heavy (non-hydrogen) atoms. The molecule has 2 N–H and O–H groups in total. The fourth-order valence-corrected chi connectivity index (χ4v) is 3.73. The number of hydrogen-bond acceptors (Lipinski definition) is 6. The fraction of sp³-hybridized carbons (Fsp3) is 0.160. The summed E-state index contributed by atoms with van der Waals surface area (Å²) >= 11 is 5.30. The number of benzene rings is 3. The van der Waals surface area contributed by atoms with Crippen LogP contribution >= 0.6 is 12.2 Å². The molecule has 3 aromatic carbocycles. The first-order chi connectivity index (χ1) is 16.0. The van der Waals surface area contributed by atoms with Crippen molar-refractivity contribution in [1.29, 1.82) is 0 Å².